The maximum Gasteiger partial charge on any atom is 0.226 e. The second-order valence-electron chi connectivity index (χ2n) is 6.71. The van der Waals surface area contributed by atoms with Crippen molar-refractivity contribution < 1.29 is 4.79 Å². The highest BCUT2D eigenvalue weighted by molar-refractivity contribution is 5.79. The van der Waals surface area contributed by atoms with Gasteiger partial charge in [-0.1, -0.05) is 6.92 Å². The molecule has 0 radical (unpaired) electrons. The van der Waals surface area contributed by atoms with Gasteiger partial charge in [-0.15, -0.1) is 0 Å². The van der Waals surface area contributed by atoms with Crippen LogP contribution in [0.5, 0.6) is 0 Å². The SMILES string of the molecule is Cc1nn(C)c(C)c1C[C@H](C)C(=O)N1CCn2cccc2[C@H]1C. The fourth-order valence-electron chi connectivity index (χ4n) is 3.67. The lowest BCUT2D eigenvalue weighted by Crippen LogP contribution is -2.43. The van der Waals surface area contributed by atoms with Crippen molar-refractivity contribution in [2.75, 3.05) is 6.54 Å². The molecule has 0 fully saturated rings. The first kappa shape index (κ1) is 15.8. The van der Waals surface area contributed by atoms with Crippen molar-refractivity contribution in [1.82, 2.24) is 19.2 Å². The first-order chi connectivity index (χ1) is 10.9. The van der Waals surface area contributed by atoms with Gasteiger partial charge >= 0.3 is 0 Å². The lowest BCUT2D eigenvalue weighted by molar-refractivity contribution is -0.138. The Kier molecular flexibility index (Phi) is 4.04. The maximum absolute atomic E-state index is 13.0. The molecular formula is C18H26N4O. The van der Waals surface area contributed by atoms with Crippen LogP contribution in [0, 0.1) is 19.8 Å². The van der Waals surface area contributed by atoms with Gasteiger partial charge in [-0.25, -0.2) is 0 Å². The Morgan fingerprint density at radius 2 is 2.13 bits per heavy atom. The fourth-order valence-corrected chi connectivity index (χ4v) is 3.67. The molecule has 0 unspecified atom stereocenters. The van der Waals surface area contributed by atoms with Crippen molar-refractivity contribution in [1.29, 1.82) is 0 Å². The van der Waals surface area contributed by atoms with Crippen LogP contribution < -0.4 is 0 Å². The largest absolute Gasteiger partial charge is 0.348 e. The Labute approximate surface area is 137 Å². The number of fused-ring (bicyclic) bond motifs is 1. The Morgan fingerprint density at radius 3 is 2.78 bits per heavy atom. The molecule has 3 rings (SSSR count). The molecule has 2 aromatic heterocycles. The van der Waals surface area contributed by atoms with Crippen LogP contribution in [0.3, 0.4) is 0 Å². The summed E-state index contributed by atoms with van der Waals surface area (Å²) in [5.74, 6) is 0.216. The predicted octanol–water partition coefficient (Wildman–Crippen LogP) is 2.62. The molecule has 5 heteroatoms. The first-order valence-electron chi connectivity index (χ1n) is 8.34. The highest BCUT2D eigenvalue weighted by Gasteiger charge is 2.30. The average molecular weight is 314 g/mol. The van der Waals surface area contributed by atoms with Gasteiger partial charge < -0.3 is 9.47 Å². The number of rotatable bonds is 3. The lowest BCUT2D eigenvalue weighted by Gasteiger charge is -2.36. The van der Waals surface area contributed by atoms with Crippen LogP contribution in [0.2, 0.25) is 0 Å². The van der Waals surface area contributed by atoms with Crippen molar-refractivity contribution in [3.63, 3.8) is 0 Å². The molecule has 2 aromatic rings. The van der Waals surface area contributed by atoms with E-state index in [0.717, 1.165) is 30.9 Å². The highest BCUT2D eigenvalue weighted by Crippen LogP contribution is 2.28. The number of hydrogen-bond acceptors (Lipinski definition) is 2. The van der Waals surface area contributed by atoms with E-state index in [1.54, 1.807) is 0 Å². The number of carbonyl (C=O) groups is 1. The van der Waals surface area contributed by atoms with Gasteiger partial charge in [0.1, 0.15) is 0 Å². The number of amides is 1. The molecule has 0 saturated heterocycles. The van der Waals surface area contributed by atoms with Gasteiger partial charge in [0.05, 0.1) is 11.7 Å². The third kappa shape index (κ3) is 2.69. The van der Waals surface area contributed by atoms with Crippen molar-refractivity contribution in [2.24, 2.45) is 13.0 Å². The Balaban J connectivity index is 1.75. The zero-order valence-corrected chi connectivity index (χ0v) is 14.7. The van der Waals surface area contributed by atoms with Crippen LogP contribution in [0.15, 0.2) is 18.3 Å². The average Bonchev–Trinajstić information content (AvgIpc) is 3.08. The zero-order valence-electron chi connectivity index (χ0n) is 14.7. The molecule has 0 aliphatic carbocycles. The van der Waals surface area contributed by atoms with E-state index in [1.807, 2.05) is 30.5 Å². The molecule has 1 aliphatic rings. The molecule has 0 saturated carbocycles. The van der Waals surface area contributed by atoms with Gasteiger partial charge in [0.2, 0.25) is 5.91 Å². The quantitative estimate of drug-likeness (QED) is 0.874. The molecule has 3 heterocycles. The van der Waals surface area contributed by atoms with Crippen LogP contribution in [-0.4, -0.2) is 31.7 Å². The second-order valence-corrected chi connectivity index (χ2v) is 6.71. The molecule has 1 amide bonds. The van der Waals surface area contributed by atoms with E-state index in [4.69, 9.17) is 0 Å². The van der Waals surface area contributed by atoms with Crippen LogP contribution >= 0.6 is 0 Å². The van der Waals surface area contributed by atoms with Gasteiger partial charge in [0.15, 0.2) is 0 Å². The standard InChI is InChI=1S/C18H26N4O/c1-12(11-16-13(2)19-20(5)14(16)3)18(23)22-10-9-21-8-6-7-17(21)15(22)4/h6-8,12,15H,9-11H2,1-5H3/t12-,15+/m0/s1. The smallest absolute Gasteiger partial charge is 0.226 e. The molecule has 0 aromatic carbocycles. The van der Waals surface area contributed by atoms with Crippen molar-refractivity contribution in [3.05, 3.63) is 41.0 Å². The Morgan fingerprint density at radius 1 is 1.39 bits per heavy atom. The third-order valence-corrected chi connectivity index (χ3v) is 5.22. The normalized spacial score (nSPS) is 18.8. The Bertz CT molecular complexity index is 727. The van der Waals surface area contributed by atoms with E-state index < -0.39 is 0 Å². The molecule has 2 atom stereocenters. The highest BCUT2D eigenvalue weighted by atomic mass is 16.2. The molecule has 23 heavy (non-hydrogen) atoms. The maximum atomic E-state index is 13.0. The summed E-state index contributed by atoms with van der Waals surface area (Å²) in [6, 6.07) is 4.32. The summed E-state index contributed by atoms with van der Waals surface area (Å²) in [4.78, 5) is 15.0. The summed E-state index contributed by atoms with van der Waals surface area (Å²) in [5.41, 5.74) is 4.62. The summed E-state index contributed by atoms with van der Waals surface area (Å²) < 4.78 is 4.15. The van der Waals surface area contributed by atoms with E-state index in [2.05, 4.69) is 41.8 Å². The molecule has 124 valence electrons. The van der Waals surface area contributed by atoms with Gasteiger partial charge in [-0.3, -0.25) is 9.48 Å². The lowest BCUT2D eigenvalue weighted by atomic mass is 9.97. The number of nitrogens with zero attached hydrogens (tertiary/aromatic N) is 4. The van der Waals surface area contributed by atoms with Crippen LogP contribution in [-0.2, 0) is 24.8 Å². The van der Waals surface area contributed by atoms with Crippen molar-refractivity contribution in [2.45, 2.75) is 46.7 Å². The summed E-state index contributed by atoms with van der Waals surface area (Å²) in [7, 11) is 1.96. The number of carbonyl (C=O) groups excluding carboxylic acids is 1. The molecule has 0 N–H and O–H groups in total. The first-order valence-corrected chi connectivity index (χ1v) is 8.34. The van der Waals surface area contributed by atoms with Crippen LogP contribution in [0.1, 0.15) is 42.5 Å². The zero-order chi connectivity index (χ0) is 16.7. The topological polar surface area (TPSA) is 43.1 Å². The van der Waals surface area contributed by atoms with Crippen molar-refractivity contribution >= 4 is 5.91 Å². The second kappa shape index (κ2) is 5.87. The summed E-state index contributed by atoms with van der Waals surface area (Å²) >= 11 is 0. The molecule has 0 bridgehead atoms. The minimum atomic E-state index is -0.0273. The molecule has 1 aliphatic heterocycles. The summed E-state index contributed by atoms with van der Waals surface area (Å²) in [6.45, 7) is 9.93. The van der Waals surface area contributed by atoms with Gasteiger partial charge in [-0.2, -0.15) is 5.10 Å². The van der Waals surface area contributed by atoms with E-state index in [0.29, 0.717) is 0 Å². The fraction of sp³-hybridized carbons (Fsp3) is 0.556. The number of aromatic nitrogens is 3. The van der Waals surface area contributed by atoms with Crippen molar-refractivity contribution in [3.8, 4) is 0 Å². The van der Waals surface area contributed by atoms with Crippen LogP contribution in [0.25, 0.3) is 0 Å². The van der Waals surface area contributed by atoms with E-state index in [9.17, 15) is 4.79 Å². The summed E-state index contributed by atoms with van der Waals surface area (Å²) in [6.07, 6.45) is 2.86. The molecular weight excluding hydrogens is 288 g/mol. The third-order valence-electron chi connectivity index (χ3n) is 5.22. The predicted molar refractivity (Wildman–Crippen MR) is 90.1 cm³/mol. The Hall–Kier alpha value is -2.04. The summed E-state index contributed by atoms with van der Waals surface area (Å²) in [5, 5.41) is 4.46. The van der Waals surface area contributed by atoms with E-state index >= 15 is 0 Å². The molecule has 5 nitrogen and oxygen atoms in total. The van der Waals surface area contributed by atoms with Gasteiger partial charge in [0, 0.05) is 43.6 Å². The number of hydrogen-bond donors (Lipinski definition) is 0. The van der Waals surface area contributed by atoms with E-state index in [1.165, 1.54) is 11.3 Å². The number of aryl methyl sites for hydroxylation is 2. The monoisotopic (exact) mass is 314 g/mol. The minimum absolute atomic E-state index is 0.0273. The van der Waals surface area contributed by atoms with Crippen LogP contribution in [0.4, 0.5) is 0 Å². The van der Waals surface area contributed by atoms with E-state index in [-0.39, 0.29) is 17.9 Å². The minimum Gasteiger partial charge on any atom is -0.348 e. The van der Waals surface area contributed by atoms with Gasteiger partial charge in [0.25, 0.3) is 0 Å². The van der Waals surface area contributed by atoms with Gasteiger partial charge in [-0.05, 0) is 44.9 Å². The molecule has 0 spiro atoms.